The fraction of sp³-hybridized carbons (Fsp3) is 0.333. The molecule has 11 heavy (non-hydrogen) atoms. The van der Waals surface area contributed by atoms with Gasteiger partial charge in [-0.1, -0.05) is 0 Å². The molecule has 2 N–H and O–H groups in total. The van der Waals surface area contributed by atoms with Gasteiger partial charge < -0.3 is 15.2 Å². The van der Waals surface area contributed by atoms with Crippen molar-refractivity contribution in [1.82, 2.24) is 0 Å². The fourth-order valence-corrected chi connectivity index (χ4v) is 0.431. The van der Waals surface area contributed by atoms with Crippen molar-refractivity contribution in [3.8, 4) is 0 Å². The maximum Gasteiger partial charge on any atom is 0.373 e. The number of hydrogen-bond donors (Lipinski definition) is 1. The average molecular weight is 159 g/mol. The van der Waals surface area contributed by atoms with Crippen LogP contribution in [-0.4, -0.2) is 26.1 Å². The van der Waals surface area contributed by atoms with E-state index in [2.05, 4.69) is 9.47 Å². The molecule has 5 heteroatoms. The van der Waals surface area contributed by atoms with Crippen LogP contribution >= 0.6 is 0 Å². The van der Waals surface area contributed by atoms with E-state index in [1.807, 2.05) is 0 Å². The molecular weight excluding hydrogens is 150 g/mol. The zero-order chi connectivity index (χ0) is 8.85. The molecule has 0 heterocycles. The van der Waals surface area contributed by atoms with Gasteiger partial charge in [0.1, 0.15) is 0 Å². The number of carbonyl (C=O) groups excluding carboxylic acids is 2. The summed E-state index contributed by atoms with van der Waals surface area (Å²) < 4.78 is 8.76. The van der Waals surface area contributed by atoms with E-state index in [1.54, 1.807) is 0 Å². The Morgan fingerprint density at radius 1 is 1.27 bits per heavy atom. The third kappa shape index (κ3) is 3.24. The van der Waals surface area contributed by atoms with E-state index in [4.69, 9.17) is 5.73 Å². The molecule has 0 aromatic heterocycles. The van der Waals surface area contributed by atoms with Gasteiger partial charge in [-0.05, 0) is 0 Å². The van der Waals surface area contributed by atoms with E-state index in [0.29, 0.717) is 0 Å². The van der Waals surface area contributed by atoms with Gasteiger partial charge >= 0.3 is 5.97 Å². The number of hydrogen-bond acceptors (Lipinski definition) is 4. The van der Waals surface area contributed by atoms with Gasteiger partial charge in [-0.2, -0.15) is 0 Å². The summed E-state index contributed by atoms with van der Waals surface area (Å²) in [5.41, 5.74) is 4.76. The quantitative estimate of drug-likeness (QED) is 0.331. The van der Waals surface area contributed by atoms with Gasteiger partial charge in [0.25, 0.3) is 0 Å². The molecule has 0 rings (SSSR count). The topological polar surface area (TPSA) is 78.6 Å². The number of ether oxygens (including phenoxy) is 2. The minimum atomic E-state index is -0.757. The van der Waals surface area contributed by atoms with E-state index < -0.39 is 11.9 Å². The predicted molar refractivity (Wildman–Crippen MR) is 36.3 cm³/mol. The fourth-order valence-electron chi connectivity index (χ4n) is 0.431. The van der Waals surface area contributed by atoms with E-state index in [-0.39, 0.29) is 5.76 Å². The first kappa shape index (κ1) is 9.48. The number of methoxy groups -OCH3 is 2. The maximum atomic E-state index is 10.7. The van der Waals surface area contributed by atoms with Crippen molar-refractivity contribution in [1.29, 1.82) is 0 Å². The minimum Gasteiger partial charge on any atom is -0.490 e. The Morgan fingerprint density at radius 2 is 1.82 bits per heavy atom. The van der Waals surface area contributed by atoms with Gasteiger partial charge in [-0.3, -0.25) is 4.79 Å². The normalized spacial score (nSPS) is 10.5. The first-order chi connectivity index (χ1) is 5.11. The van der Waals surface area contributed by atoms with Gasteiger partial charge in [0.2, 0.25) is 11.7 Å². The Bertz CT molecular complexity index is 197. The van der Waals surface area contributed by atoms with Crippen LogP contribution in [0.2, 0.25) is 0 Å². The molecule has 0 atom stereocenters. The largest absolute Gasteiger partial charge is 0.490 e. The van der Waals surface area contributed by atoms with E-state index in [9.17, 15) is 9.59 Å². The molecule has 62 valence electrons. The molecule has 0 saturated carbocycles. The summed E-state index contributed by atoms with van der Waals surface area (Å²) in [6, 6.07) is 0. The van der Waals surface area contributed by atoms with Crippen molar-refractivity contribution in [2.45, 2.75) is 0 Å². The second-order valence-corrected chi connectivity index (χ2v) is 1.61. The first-order valence-corrected chi connectivity index (χ1v) is 2.75. The average Bonchev–Trinajstić information content (AvgIpc) is 1.98. The van der Waals surface area contributed by atoms with E-state index >= 15 is 0 Å². The number of rotatable bonds is 3. The number of primary amides is 1. The molecule has 0 aliphatic heterocycles. The van der Waals surface area contributed by atoms with Crippen LogP contribution < -0.4 is 5.73 Å². The molecular formula is C6H9NO4. The van der Waals surface area contributed by atoms with Crippen LogP contribution in [-0.2, 0) is 19.1 Å². The Kier molecular flexibility index (Phi) is 3.72. The highest BCUT2D eigenvalue weighted by Gasteiger charge is 2.09. The molecule has 1 amide bonds. The molecule has 0 unspecified atom stereocenters. The Balaban J connectivity index is 4.39. The SMILES string of the molecule is COC(=O)/C(=C/C(N)=O)OC. The van der Waals surface area contributed by atoms with Crippen LogP contribution in [0, 0.1) is 0 Å². The second-order valence-electron chi connectivity index (χ2n) is 1.61. The molecule has 0 aromatic rings. The summed E-state index contributed by atoms with van der Waals surface area (Å²) in [5, 5.41) is 0. The Labute approximate surface area is 63.8 Å². The summed E-state index contributed by atoms with van der Waals surface area (Å²) in [4.78, 5) is 20.9. The molecule has 0 bridgehead atoms. The molecule has 0 spiro atoms. The van der Waals surface area contributed by atoms with E-state index in [0.717, 1.165) is 6.08 Å². The van der Waals surface area contributed by atoms with Crippen LogP contribution in [0.3, 0.4) is 0 Å². The zero-order valence-corrected chi connectivity index (χ0v) is 6.29. The van der Waals surface area contributed by atoms with Gasteiger partial charge in [0.15, 0.2) is 0 Å². The lowest BCUT2D eigenvalue weighted by molar-refractivity contribution is -0.139. The van der Waals surface area contributed by atoms with Crippen molar-refractivity contribution in [2.24, 2.45) is 5.73 Å². The maximum absolute atomic E-state index is 10.7. The number of carbonyl (C=O) groups is 2. The number of nitrogens with two attached hydrogens (primary N) is 1. The van der Waals surface area contributed by atoms with Crippen LogP contribution in [0.4, 0.5) is 0 Å². The summed E-state index contributed by atoms with van der Waals surface area (Å²) in [7, 11) is 2.42. The summed E-state index contributed by atoms with van der Waals surface area (Å²) in [6.45, 7) is 0. The van der Waals surface area contributed by atoms with Crippen molar-refractivity contribution in [3.63, 3.8) is 0 Å². The summed E-state index contributed by atoms with van der Waals surface area (Å²) in [5.74, 6) is -1.70. The predicted octanol–water partition coefficient (Wildman–Crippen LogP) is -0.825. The molecule has 0 aliphatic carbocycles. The van der Waals surface area contributed by atoms with Crippen LogP contribution in [0.1, 0.15) is 0 Å². The third-order valence-electron chi connectivity index (χ3n) is 0.880. The zero-order valence-electron chi connectivity index (χ0n) is 6.29. The highest BCUT2D eigenvalue weighted by molar-refractivity contribution is 5.96. The lowest BCUT2D eigenvalue weighted by Gasteiger charge is -2.00. The third-order valence-corrected chi connectivity index (χ3v) is 0.880. The smallest absolute Gasteiger partial charge is 0.373 e. The summed E-state index contributed by atoms with van der Waals surface area (Å²) in [6.07, 6.45) is 0.853. The van der Waals surface area contributed by atoms with Crippen LogP contribution in [0.15, 0.2) is 11.8 Å². The highest BCUT2D eigenvalue weighted by atomic mass is 16.6. The Hall–Kier alpha value is -1.52. The lowest BCUT2D eigenvalue weighted by Crippen LogP contribution is -2.13. The molecule has 0 radical (unpaired) electrons. The lowest BCUT2D eigenvalue weighted by atomic mass is 10.4. The summed E-state index contributed by atoms with van der Waals surface area (Å²) >= 11 is 0. The van der Waals surface area contributed by atoms with Crippen LogP contribution in [0.5, 0.6) is 0 Å². The van der Waals surface area contributed by atoms with Gasteiger partial charge in [-0.25, -0.2) is 4.79 Å². The number of esters is 1. The van der Waals surface area contributed by atoms with Gasteiger partial charge in [0.05, 0.1) is 20.3 Å². The van der Waals surface area contributed by atoms with Crippen molar-refractivity contribution >= 4 is 11.9 Å². The standard InChI is InChI=1S/C6H9NO4/c1-10-4(3-5(7)8)6(9)11-2/h3H,1-2H3,(H2,7,8)/b4-3-. The van der Waals surface area contributed by atoms with Gasteiger partial charge in [0, 0.05) is 0 Å². The molecule has 5 nitrogen and oxygen atoms in total. The van der Waals surface area contributed by atoms with Crippen molar-refractivity contribution < 1.29 is 19.1 Å². The minimum absolute atomic E-state index is 0.208. The highest BCUT2D eigenvalue weighted by Crippen LogP contribution is 1.96. The van der Waals surface area contributed by atoms with Crippen LogP contribution in [0.25, 0.3) is 0 Å². The molecule has 0 aromatic carbocycles. The molecule has 0 saturated heterocycles. The van der Waals surface area contributed by atoms with Crippen molar-refractivity contribution in [2.75, 3.05) is 14.2 Å². The number of amides is 1. The molecule has 0 fully saturated rings. The van der Waals surface area contributed by atoms with Gasteiger partial charge in [-0.15, -0.1) is 0 Å². The van der Waals surface area contributed by atoms with Crippen molar-refractivity contribution in [3.05, 3.63) is 11.8 Å². The van der Waals surface area contributed by atoms with E-state index in [1.165, 1.54) is 14.2 Å². The first-order valence-electron chi connectivity index (χ1n) is 2.75. The monoisotopic (exact) mass is 159 g/mol. The second kappa shape index (κ2) is 4.32. The Morgan fingerprint density at radius 3 is 2.09 bits per heavy atom. The molecule has 0 aliphatic rings.